The first kappa shape index (κ1) is 15.5. The first-order valence-electron chi connectivity index (χ1n) is 7.16. The normalized spacial score (nSPS) is 10.6. The Morgan fingerprint density at radius 1 is 1.29 bits per heavy atom. The Labute approximate surface area is 128 Å². The lowest BCUT2D eigenvalue weighted by Gasteiger charge is -2.09. The van der Waals surface area contributed by atoms with Gasteiger partial charge >= 0.3 is 0 Å². The number of fused-ring (bicyclic) bond motifs is 1. The van der Waals surface area contributed by atoms with Crippen molar-refractivity contribution >= 4 is 39.2 Å². The molecule has 0 saturated carbocycles. The van der Waals surface area contributed by atoms with Crippen molar-refractivity contribution in [1.82, 2.24) is 15.3 Å². The maximum Gasteiger partial charge on any atom is 0.239 e. The van der Waals surface area contributed by atoms with Gasteiger partial charge in [0.05, 0.1) is 11.9 Å². The zero-order valence-corrected chi connectivity index (χ0v) is 13.4. The molecule has 2 aromatic heterocycles. The van der Waals surface area contributed by atoms with E-state index in [2.05, 4.69) is 25.9 Å². The molecule has 0 unspecified atom stereocenters. The molecule has 0 spiro atoms. The molecule has 2 aromatic rings. The van der Waals surface area contributed by atoms with Crippen LogP contribution in [0, 0.1) is 6.92 Å². The van der Waals surface area contributed by atoms with Crippen molar-refractivity contribution in [1.29, 1.82) is 0 Å². The van der Waals surface area contributed by atoms with Crippen molar-refractivity contribution in [2.75, 3.05) is 30.3 Å². The second-order valence-corrected chi connectivity index (χ2v) is 5.94. The highest BCUT2D eigenvalue weighted by molar-refractivity contribution is 7.18. The highest BCUT2D eigenvalue weighted by atomic mass is 32.1. The summed E-state index contributed by atoms with van der Waals surface area (Å²) in [5.41, 5.74) is 0. The zero-order chi connectivity index (χ0) is 15.2. The summed E-state index contributed by atoms with van der Waals surface area (Å²) in [4.78, 5) is 22.7. The van der Waals surface area contributed by atoms with Gasteiger partial charge < -0.3 is 16.0 Å². The summed E-state index contributed by atoms with van der Waals surface area (Å²) in [6.07, 6.45) is 0.928. The van der Waals surface area contributed by atoms with Crippen LogP contribution in [0.2, 0.25) is 0 Å². The van der Waals surface area contributed by atoms with Gasteiger partial charge in [-0.15, -0.1) is 11.3 Å². The summed E-state index contributed by atoms with van der Waals surface area (Å²) in [7, 11) is 0. The van der Waals surface area contributed by atoms with Crippen LogP contribution >= 0.6 is 11.3 Å². The third kappa shape index (κ3) is 4.04. The number of thiophene rings is 1. The predicted octanol–water partition coefficient (Wildman–Crippen LogP) is 2.37. The fourth-order valence-corrected chi connectivity index (χ4v) is 2.78. The molecule has 0 saturated heterocycles. The van der Waals surface area contributed by atoms with Crippen LogP contribution in [-0.2, 0) is 4.79 Å². The van der Waals surface area contributed by atoms with E-state index in [1.807, 2.05) is 26.8 Å². The van der Waals surface area contributed by atoms with Crippen LogP contribution in [0.5, 0.6) is 0 Å². The van der Waals surface area contributed by atoms with Gasteiger partial charge in [0, 0.05) is 18.0 Å². The minimum Gasteiger partial charge on any atom is -0.360 e. The van der Waals surface area contributed by atoms with E-state index in [1.54, 1.807) is 11.3 Å². The number of nitrogens with one attached hydrogen (secondary N) is 3. The Morgan fingerprint density at radius 2 is 2.10 bits per heavy atom. The summed E-state index contributed by atoms with van der Waals surface area (Å²) < 4.78 is 0. The standard InChI is InChI=1S/C14H21N5OS/c1-4-6-16-11(20)8-17-12-10-7-9(3)21-13(10)19-14(18-12)15-5-2/h7H,4-6,8H2,1-3H3,(H,16,20)(H2,15,17,18,19). The van der Waals surface area contributed by atoms with Gasteiger partial charge in [0.1, 0.15) is 10.6 Å². The molecule has 3 N–H and O–H groups in total. The van der Waals surface area contributed by atoms with Crippen molar-refractivity contribution in [2.45, 2.75) is 27.2 Å². The lowest BCUT2D eigenvalue weighted by atomic mass is 10.3. The molecule has 0 aromatic carbocycles. The van der Waals surface area contributed by atoms with E-state index in [1.165, 1.54) is 4.88 Å². The van der Waals surface area contributed by atoms with Crippen LogP contribution in [0.1, 0.15) is 25.1 Å². The molecular weight excluding hydrogens is 286 g/mol. The zero-order valence-electron chi connectivity index (χ0n) is 12.6. The predicted molar refractivity (Wildman–Crippen MR) is 88.1 cm³/mol. The highest BCUT2D eigenvalue weighted by Gasteiger charge is 2.11. The molecule has 6 nitrogen and oxygen atoms in total. The van der Waals surface area contributed by atoms with Gasteiger partial charge in [-0.1, -0.05) is 6.92 Å². The summed E-state index contributed by atoms with van der Waals surface area (Å²) in [5.74, 6) is 1.26. The number of anilines is 2. The fourth-order valence-electron chi connectivity index (χ4n) is 1.90. The largest absolute Gasteiger partial charge is 0.360 e. The van der Waals surface area contributed by atoms with Gasteiger partial charge in [0.25, 0.3) is 0 Å². The highest BCUT2D eigenvalue weighted by Crippen LogP contribution is 2.29. The molecule has 0 atom stereocenters. The maximum atomic E-state index is 11.7. The number of hydrogen-bond donors (Lipinski definition) is 3. The molecule has 0 aliphatic rings. The van der Waals surface area contributed by atoms with Gasteiger partial charge in [-0.05, 0) is 26.3 Å². The lowest BCUT2D eigenvalue weighted by molar-refractivity contribution is -0.119. The van der Waals surface area contributed by atoms with Crippen LogP contribution in [0.3, 0.4) is 0 Å². The van der Waals surface area contributed by atoms with E-state index in [0.717, 1.165) is 23.2 Å². The minimum absolute atomic E-state index is 0.0273. The van der Waals surface area contributed by atoms with Gasteiger partial charge in [-0.3, -0.25) is 4.79 Å². The molecule has 1 amide bonds. The molecular formula is C14H21N5OS. The Morgan fingerprint density at radius 3 is 2.81 bits per heavy atom. The van der Waals surface area contributed by atoms with Crippen molar-refractivity contribution in [3.63, 3.8) is 0 Å². The molecule has 0 aliphatic heterocycles. The SMILES string of the molecule is CCCNC(=O)CNc1nc(NCC)nc2sc(C)cc12. The monoisotopic (exact) mass is 307 g/mol. The van der Waals surface area contributed by atoms with Crippen molar-refractivity contribution < 1.29 is 4.79 Å². The van der Waals surface area contributed by atoms with Gasteiger partial charge in [-0.2, -0.15) is 4.98 Å². The Bertz CT molecular complexity index is 625. The number of amides is 1. The third-order valence-electron chi connectivity index (χ3n) is 2.84. The van der Waals surface area contributed by atoms with Crippen LogP contribution in [0.4, 0.5) is 11.8 Å². The number of hydrogen-bond acceptors (Lipinski definition) is 6. The number of aryl methyl sites for hydroxylation is 1. The summed E-state index contributed by atoms with van der Waals surface area (Å²) in [6, 6.07) is 2.04. The first-order valence-corrected chi connectivity index (χ1v) is 7.98. The molecule has 0 aliphatic carbocycles. The van der Waals surface area contributed by atoms with Crippen molar-refractivity contribution in [2.24, 2.45) is 0 Å². The summed E-state index contributed by atoms with van der Waals surface area (Å²) in [6.45, 7) is 7.73. The van der Waals surface area contributed by atoms with Crippen LogP contribution in [0.15, 0.2) is 6.07 Å². The van der Waals surface area contributed by atoms with E-state index in [0.29, 0.717) is 18.3 Å². The van der Waals surface area contributed by atoms with Gasteiger partial charge in [-0.25, -0.2) is 4.98 Å². The van der Waals surface area contributed by atoms with E-state index in [-0.39, 0.29) is 12.5 Å². The quantitative estimate of drug-likeness (QED) is 0.732. The number of carbonyl (C=O) groups is 1. The van der Waals surface area contributed by atoms with Crippen LogP contribution < -0.4 is 16.0 Å². The average Bonchev–Trinajstić information content (AvgIpc) is 2.83. The molecule has 2 heterocycles. The Hall–Kier alpha value is -1.89. The second kappa shape index (κ2) is 7.21. The smallest absolute Gasteiger partial charge is 0.239 e. The molecule has 2 rings (SSSR count). The Balaban J connectivity index is 2.18. The van der Waals surface area contributed by atoms with Crippen LogP contribution in [-0.4, -0.2) is 35.5 Å². The number of aromatic nitrogens is 2. The summed E-state index contributed by atoms with van der Waals surface area (Å²) in [5, 5.41) is 10.0. The molecule has 21 heavy (non-hydrogen) atoms. The molecule has 0 fully saturated rings. The van der Waals surface area contributed by atoms with Gasteiger partial charge in [0.15, 0.2) is 0 Å². The Kier molecular flexibility index (Phi) is 5.32. The maximum absolute atomic E-state index is 11.7. The first-order chi connectivity index (χ1) is 10.1. The number of rotatable bonds is 7. The lowest BCUT2D eigenvalue weighted by Crippen LogP contribution is -2.30. The molecule has 7 heteroatoms. The fraction of sp³-hybridized carbons (Fsp3) is 0.500. The average molecular weight is 307 g/mol. The van der Waals surface area contributed by atoms with E-state index >= 15 is 0 Å². The van der Waals surface area contributed by atoms with Crippen molar-refractivity contribution in [3.8, 4) is 0 Å². The molecule has 0 radical (unpaired) electrons. The number of carbonyl (C=O) groups excluding carboxylic acids is 1. The number of nitrogens with zero attached hydrogens (tertiary/aromatic N) is 2. The molecule has 114 valence electrons. The topological polar surface area (TPSA) is 78.9 Å². The minimum atomic E-state index is -0.0273. The second-order valence-electron chi connectivity index (χ2n) is 4.71. The summed E-state index contributed by atoms with van der Waals surface area (Å²) >= 11 is 1.62. The van der Waals surface area contributed by atoms with E-state index in [4.69, 9.17) is 0 Å². The van der Waals surface area contributed by atoms with Crippen molar-refractivity contribution in [3.05, 3.63) is 10.9 Å². The van der Waals surface area contributed by atoms with E-state index < -0.39 is 0 Å². The van der Waals surface area contributed by atoms with E-state index in [9.17, 15) is 4.79 Å². The van der Waals surface area contributed by atoms with Gasteiger partial charge in [0.2, 0.25) is 11.9 Å². The van der Waals surface area contributed by atoms with Crippen LogP contribution in [0.25, 0.3) is 10.2 Å². The molecule has 0 bridgehead atoms. The third-order valence-corrected chi connectivity index (χ3v) is 3.78.